The number of hydrogen-bond acceptors (Lipinski definition) is 4. The molecule has 2 N–H and O–H groups in total. The molecule has 2 aliphatic rings. The summed E-state index contributed by atoms with van der Waals surface area (Å²) in [7, 11) is 0. The topological polar surface area (TPSA) is 69.6 Å². The summed E-state index contributed by atoms with van der Waals surface area (Å²) in [4.78, 5) is 24.0. The first-order valence-electron chi connectivity index (χ1n) is 5.68. The predicted molar refractivity (Wildman–Crippen MR) is 61.6 cm³/mol. The number of rotatable bonds is 2. The smallest absolute Gasteiger partial charge is 0.406 e. The van der Waals surface area contributed by atoms with E-state index in [0.717, 1.165) is 4.90 Å². The standard InChI is InChI=1S/C10H13F3N2O3S/c11-10(12,13)9(8(17)18)1-2-15(4-9)7(16)6-3-19-5-14-6/h6,14H,1-5H2,(H,17,18). The van der Waals surface area contributed by atoms with Gasteiger partial charge in [0.1, 0.15) is 0 Å². The van der Waals surface area contributed by atoms with Gasteiger partial charge in [-0.25, -0.2) is 0 Å². The van der Waals surface area contributed by atoms with Crippen molar-refractivity contribution in [3.8, 4) is 0 Å². The Hall–Kier alpha value is -0.960. The normalized spacial score (nSPS) is 31.7. The van der Waals surface area contributed by atoms with E-state index in [4.69, 9.17) is 5.11 Å². The van der Waals surface area contributed by atoms with Crippen LogP contribution >= 0.6 is 11.8 Å². The average Bonchev–Trinajstić information content (AvgIpc) is 2.97. The van der Waals surface area contributed by atoms with Crippen molar-refractivity contribution >= 4 is 23.6 Å². The Labute approximate surface area is 111 Å². The lowest BCUT2D eigenvalue weighted by Gasteiger charge is -2.27. The van der Waals surface area contributed by atoms with Gasteiger partial charge < -0.3 is 10.0 Å². The lowest BCUT2D eigenvalue weighted by atomic mass is 9.86. The van der Waals surface area contributed by atoms with Gasteiger partial charge in [0.15, 0.2) is 5.41 Å². The van der Waals surface area contributed by atoms with Crippen molar-refractivity contribution in [1.82, 2.24) is 10.2 Å². The zero-order chi connectivity index (χ0) is 14.3. The Kier molecular flexibility index (Phi) is 3.69. The lowest BCUT2D eigenvalue weighted by Crippen LogP contribution is -2.50. The minimum absolute atomic E-state index is 0.173. The Morgan fingerprint density at radius 1 is 1.42 bits per heavy atom. The van der Waals surface area contributed by atoms with Gasteiger partial charge >= 0.3 is 12.1 Å². The third-order valence-corrected chi connectivity index (χ3v) is 4.49. The van der Waals surface area contributed by atoms with Gasteiger partial charge in [-0.3, -0.25) is 14.9 Å². The number of carboxylic acid groups (broad SMARTS) is 1. The van der Waals surface area contributed by atoms with Crippen LogP contribution < -0.4 is 5.32 Å². The number of likely N-dealkylation sites (tertiary alicyclic amines) is 1. The summed E-state index contributed by atoms with van der Waals surface area (Å²) in [5, 5.41) is 11.8. The van der Waals surface area contributed by atoms with Crippen LogP contribution in [-0.2, 0) is 9.59 Å². The number of carbonyl (C=O) groups excluding carboxylic acids is 1. The minimum atomic E-state index is -4.86. The summed E-state index contributed by atoms with van der Waals surface area (Å²) < 4.78 is 38.8. The number of nitrogens with zero attached hydrogens (tertiary/aromatic N) is 1. The lowest BCUT2D eigenvalue weighted by molar-refractivity contribution is -0.227. The van der Waals surface area contributed by atoms with E-state index in [0.29, 0.717) is 11.6 Å². The van der Waals surface area contributed by atoms with Crippen molar-refractivity contribution in [3.05, 3.63) is 0 Å². The quantitative estimate of drug-likeness (QED) is 0.777. The molecule has 2 heterocycles. The highest BCUT2D eigenvalue weighted by Crippen LogP contribution is 2.45. The molecule has 0 aromatic heterocycles. The van der Waals surface area contributed by atoms with E-state index in [1.807, 2.05) is 0 Å². The molecular weight excluding hydrogens is 285 g/mol. The minimum Gasteiger partial charge on any atom is -0.481 e. The van der Waals surface area contributed by atoms with Gasteiger partial charge in [0.25, 0.3) is 0 Å². The Morgan fingerprint density at radius 3 is 2.53 bits per heavy atom. The number of aliphatic carboxylic acids is 1. The molecule has 2 unspecified atom stereocenters. The molecule has 0 saturated carbocycles. The van der Waals surface area contributed by atoms with E-state index in [1.54, 1.807) is 0 Å². The molecular formula is C10H13F3N2O3S. The number of amides is 1. The van der Waals surface area contributed by atoms with E-state index in [9.17, 15) is 22.8 Å². The monoisotopic (exact) mass is 298 g/mol. The van der Waals surface area contributed by atoms with Crippen molar-refractivity contribution in [1.29, 1.82) is 0 Å². The molecule has 0 aliphatic carbocycles. The fourth-order valence-corrected chi connectivity index (χ4v) is 3.23. The third-order valence-electron chi connectivity index (χ3n) is 3.55. The summed E-state index contributed by atoms with van der Waals surface area (Å²) >= 11 is 1.48. The van der Waals surface area contributed by atoms with Crippen molar-refractivity contribution in [2.24, 2.45) is 5.41 Å². The first kappa shape index (κ1) is 14.4. The summed E-state index contributed by atoms with van der Waals surface area (Å²) in [6, 6.07) is -0.511. The molecule has 0 radical (unpaired) electrons. The number of thioether (sulfide) groups is 1. The maximum atomic E-state index is 12.9. The van der Waals surface area contributed by atoms with Gasteiger partial charge in [0.05, 0.1) is 6.04 Å². The first-order chi connectivity index (χ1) is 8.78. The second kappa shape index (κ2) is 4.86. The second-order valence-electron chi connectivity index (χ2n) is 4.67. The molecule has 2 aliphatic heterocycles. The van der Waals surface area contributed by atoms with E-state index < -0.39 is 42.5 Å². The molecule has 108 valence electrons. The summed E-state index contributed by atoms with van der Waals surface area (Å²) in [6.07, 6.45) is -5.44. The van der Waals surface area contributed by atoms with E-state index in [1.165, 1.54) is 11.8 Å². The van der Waals surface area contributed by atoms with E-state index in [-0.39, 0.29) is 6.54 Å². The fraction of sp³-hybridized carbons (Fsp3) is 0.800. The van der Waals surface area contributed by atoms with Crippen molar-refractivity contribution in [2.45, 2.75) is 18.6 Å². The number of hydrogen-bond donors (Lipinski definition) is 2. The third kappa shape index (κ3) is 2.40. The molecule has 0 bridgehead atoms. The van der Waals surface area contributed by atoms with Gasteiger partial charge in [0.2, 0.25) is 5.91 Å². The van der Waals surface area contributed by atoms with Crippen molar-refractivity contribution < 1.29 is 27.9 Å². The number of alkyl halides is 3. The van der Waals surface area contributed by atoms with Crippen LogP contribution in [-0.4, -0.2) is 58.8 Å². The van der Waals surface area contributed by atoms with Gasteiger partial charge in [-0.15, -0.1) is 11.8 Å². The van der Waals surface area contributed by atoms with E-state index >= 15 is 0 Å². The van der Waals surface area contributed by atoms with Gasteiger partial charge in [-0.2, -0.15) is 13.2 Å². The van der Waals surface area contributed by atoms with Crippen LogP contribution in [0.4, 0.5) is 13.2 Å². The fourth-order valence-electron chi connectivity index (χ4n) is 2.30. The molecule has 9 heteroatoms. The Bertz CT molecular complexity index is 398. The maximum Gasteiger partial charge on any atom is 0.406 e. The van der Waals surface area contributed by atoms with Crippen LogP contribution in [0, 0.1) is 5.41 Å². The summed E-state index contributed by atoms with van der Waals surface area (Å²) in [6.45, 7) is -0.971. The van der Waals surface area contributed by atoms with Crippen LogP contribution in [0.15, 0.2) is 0 Å². The Morgan fingerprint density at radius 2 is 2.11 bits per heavy atom. The molecule has 2 fully saturated rings. The molecule has 0 spiro atoms. The molecule has 19 heavy (non-hydrogen) atoms. The highest BCUT2D eigenvalue weighted by atomic mass is 32.2. The molecule has 5 nitrogen and oxygen atoms in total. The van der Waals surface area contributed by atoms with Crippen LogP contribution in [0.3, 0.4) is 0 Å². The SMILES string of the molecule is O=C(C1CSCN1)N1CCC(C(=O)O)(C(F)(F)F)C1. The van der Waals surface area contributed by atoms with Gasteiger partial charge in [-0.05, 0) is 6.42 Å². The number of carboxylic acids is 1. The van der Waals surface area contributed by atoms with Crippen LogP contribution in [0.1, 0.15) is 6.42 Å². The zero-order valence-electron chi connectivity index (χ0n) is 9.87. The largest absolute Gasteiger partial charge is 0.481 e. The van der Waals surface area contributed by atoms with E-state index in [2.05, 4.69) is 5.32 Å². The van der Waals surface area contributed by atoms with Crippen LogP contribution in [0.2, 0.25) is 0 Å². The number of halogens is 3. The second-order valence-corrected chi connectivity index (χ2v) is 5.70. The average molecular weight is 298 g/mol. The molecule has 0 aromatic rings. The molecule has 2 rings (SSSR count). The van der Waals surface area contributed by atoms with Crippen molar-refractivity contribution in [2.75, 3.05) is 24.7 Å². The Balaban J connectivity index is 2.13. The maximum absolute atomic E-state index is 12.9. The molecule has 2 atom stereocenters. The highest BCUT2D eigenvalue weighted by Gasteiger charge is 2.64. The zero-order valence-corrected chi connectivity index (χ0v) is 10.7. The van der Waals surface area contributed by atoms with Crippen molar-refractivity contribution in [3.63, 3.8) is 0 Å². The summed E-state index contributed by atoms with van der Waals surface area (Å²) in [5.41, 5.74) is -2.82. The number of carbonyl (C=O) groups is 2. The number of nitrogens with one attached hydrogen (secondary N) is 1. The van der Waals surface area contributed by atoms with Gasteiger partial charge in [-0.1, -0.05) is 0 Å². The predicted octanol–water partition coefficient (Wildman–Crippen LogP) is 0.514. The highest BCUT2D eigenvalue weighted by molar-refractivity contribution is 7.99. The molecule has 0 aromatic carbocycles. The van der Waals surface area contributed by atoms with Crippen LogP contribution in [0.5, 0.6) is 0 Å². The molecule has 2 saturated heterocycles. The first-order valence-corrected chi connectivity index (χ1v) is 6.83. The van der Waals surface area contributed by atoms with Gasteiger partial charge in [0, 0.05) is 24.7 Å². The van der Waals surface area contributed by atoms with Crippen LogP contribution in [0.25, 0.3) is 0 Å². The summed E-state index contributed by atoms with van der Waals surface area (Å²) in [5.74, 6) is -1.28. The molecule has 1 amide bonds.